The first-order valence-electron chi connectivity index (χ1n) is 5.65. The first-order valence-corrected chi connectivity index (χ1v) is 5.65. The summed E-state index contributed by atoms with van der Waals surface area (Å²) >= 11 is 0. The maximum absolute atomic E-state index is 11.3. The second kappa shape index (κ2) is 6.14. The van der Waals surface area contributed by atoms with E-state index in [4.69, 9.17) is 0 Å². The number of Topliss-reactive ketones (excluding diaryl/α,β-unsaturated/α-hetero) is 1. The molecule has 1 aliphatic rings. The maximum atomic E-state index is 11.3. The molecule has 1 heterocycles. The van der Waals surface area contributed by atoms with Crippen molar-refractivity contribution in [2.24, 2.45) is 5.92 Å². The number of ketones is 1. The van der Waals surface area contributed by atoms with Crippen molar-refractivity contribution in [3.63, 3.8) is 0 Å². The minimum Gasteiger partial charge on any atom is -0.319 e. The van der Waals surface area contributed by atoms with Gasteiger partial charge < -0.3 is 5.32 Å². The van der Waals surface area contributed by atoms with Gasteiger partial charge in [-0.1, -0.05) is 6.92 Å². The van der Waals surface area contributed by atoms with E-state index in [0.717, 1.165) is 25.6 Å². The highest BCUT2D eigenvalue weighted by atomic mass is 16.1. The molecule has 1 aliphatic heterocycles. The molecule has 1 saturated heterocycles. The molecule has 1 atom stereocenters. The fourth-order valence-electron chi connectivity index (χ4n) is 2.11. The predicted molar refractivity (Wildman–Crippen MR) is 58.4 cm³/mol. The monoisotopic (exact) mass is 198 g/mol. The molecule has 0 bridgehead atoms. The fourth-order valence-corrected chi connectivity index (χ4v) is 2.11. The molecule has 1 unspecified atom stereocenters. The summed E-state index contributed by atoms with van der Waals surface area (Å²) < 4.78 is 0. The lowest BCUT2D eigenvalue weighted by atomic mass is 9.98. The zero-order chi connectivity index (χ0) is 10.4. The van der Waals surface area contributed by atoms with Gasteiger partial charge in [-0.2, -0.15) is 0 Å². The molecule has 0 aromatic rings. The molecule has 0 aromatic carbocycles. The third-order valence-electron chi connectivity index (χ3n) is 2.89. The largest absolute Gasteiger partial charge is 0.319 e. The van der Waals surface area contributed by atoms with Gasteiger partial charge in [0, 0.05) is 13.0 Å². The Morgan fingerprint density at radius 2 is 2.36 bits per heavy atom. The molecule has 1 rings (SSSR count). The van der Waals surface area contributed by atoms with Crippen LogP contribution in [0.3, 0.4) is 0 Å². The highest BCUT2D eigenvalue weighted by molar-refractivity contribution is 5.80. The number of carbonyl (C=O) groups excluding carboxylic acids is 1. The van der Waals surface area contributed by atoms with Crippen molar-refractivity contribution in [1.29, 1.82) is 0 Å². The molecular formula is C11H22N2O. The van der Waals surface area contributed by atoms with E-state index >= 15 is 0 Å². The third-order valence-corrected chi connectivity index (χ3v) is 2.89. The highest BCUT2D eigenvalue weighted by Crippen LogP contribution is 2.15. The predicted octanol–water partition coefficient (Wildman–Crippen LogP) is 0.897. The third kappa shape index (κ3) is 3.76. The van der Waals surface area contributed by atoms with Crippen molar-refractivity contribution < 1.29 is 4.79 Å². The van der Waals surface area contributed by atoms with Crippen LogP contribution >= 0.6 is 0 Å². The minimum absolute atomic E-state index is 0.370. The van der Waals surface area contributed by atoms with Crippen molar-refractivity contribution in [2.75, 3.05) is 33.2 Å². The van der Waals surface area contributed by atoms with Gasteiger partial charge in [-0.3, -0.25) is 9.69 Å². The van der Waals surface area contributed by atoms with E-state index < -0.39 is 0 Å². The van der Waals surface area contributed by atoms with Gasteiger partial charge in [0.2, 0.25) is 0 Å². The lowest BCUT2D eigenvalue weighted by Crippen LogP contribution is -2.41. The SMILES string of the molecule is CCC(=O)CN1CCCC(CNC)C1. The van der Waals surface area contributed by atoms with E-state index in [1.807, 2.05) is 14.0 Å². The smallest absolute Gasteiger partial charge is 0.146 e. The number of likely N-dealkylation sites (tertiary alicyclic amines) is 1. The van der Waals surface area contributed by atoms with E-state index in [0.29, 0.717) is 18.7 Å². The van der Waals surface area contributed by atoms with E-state index in [-0.39, 0.29) is 0 Å². The molecule has 0 saturated carbocycles. The summed E-state index contributed by atoms with van der Waals surface area (Å²) in [6.45, 7) is 5.88. The van der Waals surface area contributed by atoms with E-state index in [1.54, 1.807) is 0 Å². The summed E-state index contributed by atoms with van der Waals surface area (Å²) in [7, 11) is 2.00. The molecule has 0 aliphatic carbocycles. The topological polar surface area (TPSA) is 32.3 Å². The fraction of sp³-hybridized carbons (Fsp3) is 0.909. The van der Waals surface area contributed by atoms with Crippen molar-refractivity contribution in [1.82, 2.24) is 10.2 Å². The van der Waals surface area contributed by atoms with Gasteiger partial charge in [-0.25, -0.2) is 0 Å². The first-order chi connectivity index (χ1) is 6.76. The Labute approximate surface area is 86.9 Å². The Kier molecular flexibility index (Phi) is 5.12. The molecular weight excluding hydrogens is 176 g/mol. The molecule has 14 heavy (non-hydrogen) atoms. The second-order valence-corrected chi connectivity index (χ2v) is 4.19. The van der Waals surface area contributed by atoms with Gasteiger partial charge in [-0.15, -0.1) is 0 Å². The number of rotatable bonds is 5. The quantitative estimate of drug-likeness (QED) is 0.712. The number of hydrogen-bond donors (Lipinski definition) is 1. The summed E-state index contributed by atoms with van der Waals surface area (Å²) in [6.07, 6.45) is 3.22. The molecule has 0 spiro atoms. The Balaban J connectivity index is 2.28. The Bertz CT molecular complexity index is 180. The number of nitrogens with zero attached hydrogens (tertiary/aromatic N) is 1. The van der Waals surface area contributed by atoms with E-state index in [1.165, 1.54) is 12.8 Å². The Hall–Kier alpha value is -0.410. The van der Waals surface area contributed by atoms with Crippen LogP contribution in [0.5, 0.6) is 0 Å². The summed E-state index contributed by atoms with van der Waals surface area (Å²) in [4.78, 5) is 13.6. The van der Waals surface area contributed by atoms with E-state index in [9.17, 15) is 4.79 Å². The Morgan fingerprint density at radius 1 is 1.57 bits per heavy atom. The van der Waals surface area contributed by atoms with Crippen molar-refractivity contribution in [2.45, 2.75) is 26.2 Å². The van der Waals surface area contributed by atoms with Crippen LogP contribution in [-0.4, -0.2) is 43.9 Å². The molecule has 3 heteroatoms. The van der Waals surface area contributed by atoms with Crippen molar-refractivity contribution in [3.05, 3.63) is 0 Å². The van der Waals surface area contributed by atoms with Crippen LogP contribution < -0.4 is 5.32 Å². The average Bonchev–Trinajstić information content (AvgIpc) is 2.19. The lowest BCUT2D eigenvalue weighted by molar-refractivity contribution is -0.120. The van der Waals surface area contributed by atoms with Crippen LogP contribution in [0.2, 0.25) is 0 Å². The standard InChI is InChI=1S/C11H22N2O/c1-3-11(14)9-13-6-4-5-10(8-13)7-12-2/h10,12H,3-9H2,1-2H3. The van der Waals surface area contributed by atoms with Gasteiger partial charge in [0.15, 0.2) is 0 Å². The summed E-state index contributed by atoms with van der Waals surface area (Å²) in [5, 5.41) is 3.21. The van der Waals surface area contributed by atoms with Crippen LogP contribution in [0.1, 0.15) is 26.2 Å². The summed E-state index contributed by atoms with van der Waals surface area (Å²) in [6, 6.07) is 0. The highest BCUT2D eigenvalue weighted by Gasteiger charge is 2.20. The van der Waals surface area contributed by atoms with Gasteiger partial charge in [0.25, 0.3) is 0 Å². The molecule has 82 valence electrons. The van der Waals surface area contributed by atoms with Crippen LogP contribution in [-0.2, 0) is 4.79 Å². The number of nitrogens with one attached hydrogen (secondary N) is 1. The Morgan fingerprint density at radius 3 is 3.00 bits per heavy atom. The van der Waals surface area contributed by atoms with Gasteiger partial charge in [-0.05, 0) is 38.9 Å². The summed E-state index contributed by atoms with van der Waals surface area (Å²) in [5.41, 5.74) is 0. The van der Waals surface area contributed by atoms with Gasteiger partial charge in [0.1, 0.15) is 5.78 Å². The molecule has 1 N–H and O–H groups in total. The number of carbonyl (C=O) groups is 1. The molecule has 0 aromatic heterocycles. The number of piperidine rings is 1. The number of hydrogen-bond acceptors (Lipinski definition) is 3. The zero-order valence-corrected chi connectivity index (χ0v) is 9.38. The zero-order valence-electron chi connectivity index (χ0n) is 9.38. The van der Waals surface area contributed by atoms with Crippen LogP contribution in [0.15, 0.2) is 0 Å². The van der Waals surface area contributed by atoms with Crippen LogP contribution in [0.25, 0.3) is 0 Å². The lowest BCUT2D eigenvalue weighted by Gasteiger charge is -2.32. The van der Waals surface area contributed by atoms with Crippen molar-refractivity contribution >= 4 is 5.78 Å². The van der Waals surface area contributed by atoms with Crippen LogP contribution in [0.4, 0.5) is 0 Å². The average molecular weight is 198 g/mol. The van der Waals surface area contributed by atoms with E-state index in [2.05, 4.69) is 10.2 Å². The van der Waals surface area contributed by atoms with Gasteiger partial charge >= 0.3 is 0 Å². The molecule has 0 amide bonds. The molecule has 3 nitrogen and oxygen atoms in total. The normalized spacial score (nSPS) is 23.7. The molecule has 0 radical (unpaired) electrons. The maximum Gasteiger partial charge on any atom is 0.146 e. The summed E-state index contributed by atoms with van der Waals surface area (Å²) in [5.74, 6) is 1.11. The first kappa shape index (κ1) is 11.7. The molecule has 1 fully saturated rings. The second-order valence-electron chi connectivity index (χ2n) is 4.19. The van der Waals surface area contributed by atoms with Gasteiger partial charge in [0.05, 0.1) is 6.54 Å². The minimum atomic E-state index is 0.370. The van der Waals surface area contributed by atoms with Crippen LogP contribution in [0, 0.1) is 5.92 Å². The van der Waals surface area contributed by atoms with Crippen molar-refractivity contribution in [3.8, 4) is 0 Å².